The molecule has 0 bridgehead atoms. The minimum Gasteiger partial charge on any atom is -0.372 e. The first-order chi connectivity index (χ1) is 8.13. The first-order valence-electron chi connectivity index (χ1n) is 6.80. The molecule has 1 aliphatic carbocycles. The van der Waals surface area contributed by atoms with Crippen molar-refractivity contribution in [2.24, 2.45) is 5.73 Å². The highest BCUT2D eigenvalue weighted by molar-refractivity contribution is 5.79. The van der Waals surface area contributed by atoms with Gasteiger partial charge in [-0.1, -0.05) is 25.7 Å². The highest BCUT2D eigenvalue weighted by Crippen LogP contribution is 2.33. The zero-order valence-corrected chi connectivity index (χ0v) is 10.8. The van der Waals surface area contributed by atoms with Gasteiger partial charge in [0.05, 0.1) is 18.2 Å². The molecule has 1 saturated heterocycles. The van der Waals surface area contributed by atoms with Gasteiger partial charge in [-0.15, -0.1) is 0 Å². The number of hydrogen-bond donors (Lipinski definition) is 1. The van der Waals surface area contributed by atoms with Gasteiger partial charge < -0.3 is 10.5 Å². The van der Waals surface area contributed by atoms with Gasteiger partial charge in [0.2, 0.25) is 5.91 Å². The highest BCUT2D eigenvalue weighted by atomic mass is 16.5. The molecule has 4 heteroatoms. The summed E-state index contributed by atoms with van der Waals surface area (Å²) in [5, 5.41) is 0. The van der Waals surface area contributed by atoms with E-state index in [1.165, 1.54) is 25.7 Å². The molecule has 0 aromatic heterocycles. The molecule has 2 rings (SSSR count). The van der Waals surface area contributed by atoms with Crippen LogP contribution in [-0.4, -0.2) is 42.1 Å². The Bertz CT molecular complexity index is 273. The van der Waals surface area contributed by atoms with Crippen molar-refractivity contribution in [3.05, 3.63) is 0 Å². The number of rotatable bonds is 2. The summed E-state index contributed by atoms with van der Waals surface area (Å²) in [5.41, 5.74) is 5.39. The zero-order chi connectivity index (χ0) is 12.3. The predicted molar refractivity (Wildman–Crippen MR) is 66.6 cm³/mol. The molecule has 4 nitrogen and oxygen atoms in total. The van der Waals surface area contributed by atoms with E-state index in [0.717, 1.165) is 32.5 Å². The molecule has 1 amide bonds. The lowest BCUT2D eigenvalue weighted by Gasteiger charge is -2.44. The molecule has 1 unspecified atom stereocenters. The van der Waals surface area contributed by atoms with E-state index in [9.17, 15) is 4.79 Å². The summed E-state index contributed by atoms with van der Waals surface area (Å²) in [6.07, 6.45) is 7.40. The maximum absolute atomic E-state index is 11.3. The minimum atomic E-state index is -0.226. The normalized spacial score (nSPS) is 27.6. The van der Waals surface area contributed by atoms with Gasteiger partial charge in [0.25, 0.3) is 0 Å². The van der Waals surface area contributed by atoms with E-state index >= 15 is 0 Å². The zero-order valence-electron chi connectivity index (χ0n) is 10.8. The van der Waals surface area contributed by atoms with Crippen molar-refractivity contribution in [3.63, 3.8) is 0 Å². The maximum Gasteiger partial charge on any atom is 0.234 e. The molecule has 1 spiro atoms. The Morgan fingerprint density at radius 3 is 2.53 bits per heavy atom. The van der Waals surface area contributed by atoms with Gasteiger partial charge in [-0.05, 0) is 19.8 Å². The lowest BCUT2D eigenvalue weighted by atomic mass is 9.91. The predicted octanol–water partition coefficient (Wildman–Crippen LogP) is 1.29. The summed E-state index contributed by atoms with van der Waals surface area (Å²) in [6.45, 7) is 4.33. The van der Waals surface area contributed by atoms with Gasteiger partial charge in [0.1, 0.15) is 0 Å². The number of primary amides is 1. The lowest BCUT2D eigenvalue weighted by Crippen LogP contribution is -2.56. The standard InChI is InChI=1S/C13H24N2O2/c1-11(12(14)16)15-8-9-17-13(10-15)6-4-2-3-5-7-13/h11H,2-10H2,1H3,(H2,14,16). The van der Waals surface area contributed by atoms with Gasteiger partial charge in [-0.2, -0.15) is 0 Å². The summed E-state index contributed by atoms with van der Waals surface area (Å²) in [6, 6.07) is -0.168. The fourth-order valence-corrected chi connectivity index (χ4v) is 3.06. The largest absolute Gasteiger partial charge is 0.372 e. The molecule has 1 heterocycles. The molecular weight excluding hydrogens is 216 g/mol. The van der Waals surface area contributed by atoms with Crippen LogP contribution in [0.2, 0.25) is 0 Å². The Labute approximate surface area is 103 Å². The van der Waals surface area contributed by atoms with E-state index in [-0.39, 0.29) is 17.6 Å². The Hall–Kier alpha value is -0.610. The van der Waals surface area contributed by atoms with Crippen molar-refractivity contribution in [3.8, 4) is 0 Å². The van der Waals surface area contributed by atoms with Crippen molar-refractivity contribution in [2.45, 2.75) is 57.1 Å². The second-order valence-electron chi connectivity index (χ2n) is 5.49. The smallest absolute Gasteiger partial charge is 0.234 e. The van der Waals surface area contributed by atoms with Gasteiger partial charge in [-0.25, -0.2) is 0 Å². The van der Waals surface area contributed by atoms with Crippen LogP contribution >= 0.6 is 0 Å². The maximum atomic E-state index is 11.3. The molecule has 0 radical (unpaired) electrons. The first kappa shape index (κ1) is 12.8. The average molecular weight is 240 g/mol. The summed E-state index contributed by atoms with van der Waals surface area (Å²) < 4.78 is 6.05. The van der Waals surface area contributed by atoms with Gasteiger partial charge >= 0.3 is 0 Å². The number of nitrogens with zero attached hydrogens (tertiary/aromatic N) is 1. The number of ether oxygens (including phenoxy) is 1. The van der Waals surface area contributed by atoms with Gasteiger partial charge in [-0.3, -0.25) is 9.69 Å². The molecule has 0 aromatic rings. The van der Waals surface area contributed by atoms with Crippen LogP contribution in [0, 0.1) is 0 Å². The fraction of sp³-hybridized carbons (Fsp3) is 0.923. The second kappa shape index (κ2) is 5.36. The number of hydrogen-bond acceptors (Lipinski definition) is 3. The van der Waals surface area contributed by atoms with E-state index < -0.39 is 0 Å². The van der Waals surface area contributed by atoms with Crippen LogP contribution in [0.1, 0.15) is 45.4 Å². The minimum absolute atomic E-state index is 0.00153. The van der Waals surface area contributed by atoms with E-state index in [1.54, 1.807) is 0 Å². The van der Waals surface area contributed by atoms with Gasteiger partial charge in [0, 0.05) is 13.1 Å². The molecule has 1 saturated carbocycles. The summed E-state index contributed by atoms with van der Waals surface area (Å²) in [4.78, 5) is 13.5. The van der Waals surface area contributed by atoms with Crippen LogP contribution in [0.15, 0.2) is 0 Å². The molecule has 1 atom stereocenters. The number of nitrogens with two attached hydrogens (primary N) is 1. The van der Waals surface area contributed by atoms with E-state index in [2.05, 4.69) is 4.90 Å². The van der Waals surface area contributed by atoms with Crippen molar-refractivity contribution in [1.29, 1.82) is 0 Å². The molecular formula is C13H24N2O2. The second-order valence-corrected chi connectivity index (χ2v) is 5.49. The van der Waals surface area contributed by atoms with E-state index in [4.69, 9.17) is 10.5 Å². The molecule has 2 aliphatic rings. The van der Waals surface area contributed by atoms with Crippen LogP contribution in [0.5, 0.6) is 0 Å². The lowest BCUT2D eigenvalue weighted by molar-refractivity contribution is -0.139. The average Bonchev–Trinajstić information content (AvgIpc) is 2.54. The Balaban J connectivity index is 2.02. The SMILES string of the molecule is CC(C(N)=O)N1CCOC2(CCCCCC2)C1. The summed E-state index contributed by atoms with van der Waals surface area (Å²) in [5.74, 6) is -0.226. The quantitative estimate of drug-likeness (QED) is 0.791. The van der Waals surface area contributed by atoms with Crippen LogP contribution in [0.25, 0.3) is 0 Å². The fourth-order valence-electron chi connectivity index (χ4n) is 3.06. The molecule has 0 aromatic carbocycles. The summed E-state index contributed by atoms with van der Waals surface area (Å²) in [7, 11) is 0. The van der Waals surface area contributed by atoms with E-state index in [1.807, 2.05) is 6.92 Å². The van der Waals surface area contributed by atoms with Crippen LogP contribution in [0.3, 0.4) is 0 Å². The molecule has 98 valence electrons. The van der Waals surface area contributed by atoms with Crippen molar-refractivity contribution in [2.75, 3.05) is 19.7 Å². The number of amides is 1. The highest BCUT2D eigenvalue weighted by Gasteiger charge is 2.38. The molecule has 2 fully saturated rings. The third-order valence-electron chi connectivity index (χ3n) is 4.25. The van der Waals surface area contributed by atoms with Crippen LogP contribution < -0.4 is 5.73 Å². The number of carbonyl (C=O) groups is 1. The van der Waals surface area contributed by atoms with Crippen LogP contribution in [0.4, 0.5) is 0 Å². The van der Waals surface area contributed by atoms with Crippen molar-refractivity contribution >= 4 is 5.91 Å². The molecule has 2 N–H and O–H groups in total. The number of morpholine rings is 1. The van der Waals surface area contributed by atoms with Gasteiger partial charge in [0.15, 0.2) is 0 Å². The third kappa shape index (κ3) is 2.99. The van der Waals surface area contributed by atoms with E-state index in [0.29, 0.717) is 0 Å². The molecule has 17 heavy (non-hydrogen) atoms. The number of carbonyl (C=O) groups excluding carboxylic acids is 1. The first-order valence-corrected chi connectivity index (χ1v) is 6.80. The van der Waals surface area contributed by atoms with Crippen molar-refractivity contribution in [1.82, 2.24) is 4.90 Å². The Kier molecular flexibility index (Phi) is 4.05. The monoisotopic (exact) mass is 240 g/mol. The topological polar surface area (TPSA) is 55.6 Å². The Morgan fingerprint density at radius 1 is 1.29 bits per heavy atom. The Morgan fingerprint density at radius 2 is 1.94 bits per heavy atom. The summed E-state index contributed by atoms with van der Waals surface area (Å²) >= 11 is 0. The molecule has 1 aliphatic heterocycles. The third-order valence-corrected chi connectivity index (χ3v) is 4.25. The van der Waals surface area contributed by atoms with Crippen molar-refractivity contribution < 1.29 is 9.53 Å². The van der Waals surface area contributed by atoms with Crippen LogP contribution in [-0.2, 0) is 9.53 Å².